The predicted molar refractivity (Wildman–Crippen MR) is 346 cm³/mol. The van der Waals surface area contributed by atoms with Gasteiger partial charge in [0.1, 0.15) is 38.8 Å². The summed E-state index contributed by atoms with van der Waals surface area (Å²) in [7, 11) is 0. The Bertz CT molecular complexity index is 3320. The van der Waals surface area contributed by atoms with Crippen LogP contribution in [0.4, 0.5) is 0 Å². The molecule has 5 aromatic carbocycles. The topological polar surface area (TPSA) is 84.8 Å². The lowest BCUT2D eigenvalue weighted by Gasteiger charge is -2.14. The molecular weight excluding hydrogens is 1050 g/mol. The fraction of sp³-hybridized carbons (Fsp3) is 0.400. The summed E-state index contributed by atoms with van der Waals surface area (Å²) in [6.45, 7) is 14.2. The monoisotopic (exact) mass is 1140 g/mol. The first-order valence-corrected chi connectivity index (χ1v) is 31.9. The minimum absolute atomic E-state index is 0.600. The molecule has 7 aromatic rings. The average molecular weight is 1140 g/mol. The number of benzene rings is 5. The second kappa shape index (κ2) is 37.3. The molecule has 0 radical (unpaired) electrons. The molecule has 0 unspecified atom stereocenters. The molecule has 0 spiro atoms. The smallest absolute Gasteiger partial charge is 0.148 e. The third-order valence-electron chi connectivity index (χ3n) is 14.0. The van der Waals surface area contributed by atoms with Gasteiger partial charge in [-0.3, -0.25) is 4.98 Å². The van der Waals surface area contributed by atoms with Crippen LogP contribution in [0.5, 0.6) is 28.7 Å². The second-order valence-electron chi connectivity index (χ2n) is 21.1. The normalized spacial score (nSPS) is 10.5. The molecule has 0 amide bonds. The molecule has 2 aromatic heterocycles. The molecule has 0 bridgehead atoms. The Morgan fingerprint density at radius 1 is 0.310 bits per heavy atom. The SMILES string of the molecule is CCCCCCOc1ccc(C#Cc2cc(OCCCCCC)c(C#Cc3ccc(-c4nnc(-c5ccc(C#Cc6cc(OCCCCCC)c(C#Cc7ccncc7)cc6OCCCCCC)cc5)s4)cc3)cc2OCCCCCC)cc1. The van der Waals surface area contributed by atoms with Crippen LogP contribution < -0.4 is 23.7 Å². The molecule has 0 aliphatic carbocycles. The van der Waals surface area contributed by atoms with Gasteiger partial charge in [0.2, 0.25) is 0 Å². The molecule has 0 fully saturated rings. The van der Waals surface area contributed by atoms with E-state index in [9.17, 15) is 0 Å². The molecule has 9 heteroatoms. The standard InChI is InChI=1S/C75H85N3O5S/c1-6-11-16-21-50-79-69-44-34-61(35-45-69)32-42-67-57-70(80-51-22-17-12-7-2)65(55-71(67)81-52-23-18-13-8-3)40-30-59-26-36-63(37-27-59)74-77-78-75(84-74)64-38-28-60(29-39-64)31-41-66-56-73(83-54-25-20-15-10-5)68(43-33-62-46-48-76-49-47-62)58-72(66)82-53-24-19-14-9-4/h26-29,34-39,44-49,55-58H,6-25,50-54H2,1-5H3. The molecule has 0 N–H and O–H groups in total. The summed E-state index contributed by atoms with van der Waals surface area (Å²) in [6.07, 6.45) is 25.9. The number of hydrogen-bond donors (Lipinski definition) is 0. The van der Waals surface area contributed by atoms with Crippen LogP contribution in [0.2, 0.25) is 0 Å². The lowest BCUT2D eigenvalue weighted by molar-refractivity contribution is 0.295. The van der Waals surface area contributed by atoms with Crippen molar-refractivity contribution in [2.75, 3.05) is 33.0 Å². The molecule has 0 atom stereocenters. The summed E-state index contributed by atoms with van der Waals surface area (Å²) < 4.78 is 31.8. The van der Waals surface area contributed by atoms with E-state index in [1.165, 1.54) is 51.4 Å². The van der Waals surface area contributed by atoms with Crippen molar-refractivity contribution >= 4 is 11.3 Å². The fourth-order valence-electron chi connectivity index (χ4n) is 9.03. The van der Waals surface area contributed by atoms with Gasteiger partial charge >= 0.3 is 0 Å². The van der Waals surface area contributed by atoms with Crippen LogP contribution in [0.25, 0.3) is 21.1 Å². The van der Waals surface area contributed by atoms with Gasteiger partial charge in [-0.2, -0.15) is 0 Å². The van der Waals surface area contributed by atoms with Gasteiger partial charge in [-0.15, -0.1) is 10.2 Å². The number of pyridine rings is 1. The Hall–Kier alpha value is -7.95. The minimum atomic E-state index is 0.600. The van der Waals surface area contributed by atoms with Gasteiger partial charge in [-0.05, 0) is 92.8 Å². The third-order valence-corrected chi connectivity index (χ3v) is 15.1. The van der Waals surface area contributed by atoms with Gasteiger partial charge in [-0.1, -0.05) is 214 Å². The highest BCUT2D eigenvalue weighted by Gasteiger charge is 2.15. The highest BCUT2D eigenvalue weighted by atomic mass is 32.1. The van der Waals surface area contributed by atoms with E-state index in [4.69, 9.17) is 23.7 Å². The van der Waals surface area contributed by atoms with Crippen molar-refractivity contribution in [3.63, 3.8) is 0 Å². The van der Waals surface area contributed by atoms with Crippen molar-refractivity contribution in [1.29, 1.82) is 0 Å². The van der Waals surface area contributed by atoms with Gasteiger partial charge in [0.15, 0.2) is 0 Å². The van der Waals surface area contributed by atoms with Crippen LogP contribution in [0.1, 0.15) is 208 Å². The Kier molecular flexibility index (Phi) is 28.2. The van der Waals surface area contributed by atoms with Crippen molar-refractivity contribution in [2.24, 2.45) is 0 Å². The van der Waals surface area contributed by atoms with Gasteiger partial charge in [0, 0.05) is 70.0 Å². The second-order valence-corrected chi connectivity index (χ2v) is 22.0. The zero-order valence-electron chi connectivity index (χ0n) is 50.5. The van der Waals surface area contributed by atoms with Crippen LogP contribution >= 0.6 is 11.3 Å². The maximum Gasteiger partial charge on any atom is 0.148 e. The van der Waals surface area contributed by atoms with E-state index in [1.54, 1.807) is 23.7 Å². The largest absolute Gasteiger partial charge is 0.494 e. The fourth-order valence-corrected chi connectivity index (χ4v) is 9.88. The van der Waals surface area contributed by atoms with E-state index in [0.717, 1.165) is 155 Å². The highest BCUT2D eigenvalue weighted by molar-refractivity contribution is 7.17. The first kappa shape index (κ1) is 63.6. The van der Waals surface area contributed by atoms with E-state index in [-0.39, 0.29) is 0 Å². The molecule has 2 heterocycles. The van der Waals surface area contributed by atoms with Crippen LogP contribution in [0, 0.1) is 47.4 Å². The third kappa shape index (κ3) is 22.0. The summed E-state index contributed by atoms with van der Waals surface area (Å²) in [6, 6.07) is 36.2. The number of aromatic nitrogens is 3. The zero-order valence-corrected chi connectivity index (χ0v) is 51.3. The minimum Gasteiger partial charge on any atom is -0.494 e. The van der Waals surface area contributed by atoms with Crippen molar-refractivity contribution in [3.8, 4) is 97.3 Å². The molecule has 0 aliphatic rings. The van der Waals surface area contributed by atoms with E-state index < -0.39 is 0 Å². The van der Waals surface area contributed by atoms with E-state index >= 15 is 0 Å². The lowest BCUT2D eigenvalue weighted by Crippen LogP contribution is -2.03. The van der Waals surface area contributed by atoms with Gasteiger partial charge in [0.25, 0.3) is 0 Å². The first-order chi connectivity index (χ1) is 41.5. The maximum absolute atomic E-state index is 6.50. The van der Waals surface area contributed by atoms with E-state index in [1.807, 2.05) is 84.9 Å². The van der Waals surface area contributed by atoms with Crippen LogP contribution in [-0.4, -0.2) is 48.2 Å². The molecule has 0 aliphatic heterocycles. The Morgan fingerprint density at radius 2 is 0.595 bits per heavy atom. The molecule has 0 saturated carbocycles. The molecule has 84 heavy (non-hydrogen) atoms. The van der Waals surface area contributed by atoms with Gasteiger partial charge in [0.05, 0.1) is 55.3 Å². The summed E-state index contributed by atoms with van der Waals surface area (Å²) in [5.41, 5.74) is 8.56. The summed E-state index contributed by atoms with van der Waals surface area (Å²) in [4.78, 5) is 4.15. The Morgan fingerprint density at radius 3 is 0.905 bits per heavy atom. The van der Waals surface area contributed by atoms with Crippen molar-refractivity contribution in [1.82, 2.24) is 15.2 Å². The first-order valence-electron chi connectivity index (χ1n) is 31.1. The quantitative estimate of drug-likeness (QED) is 0.0305. The summed E-state index contributed by atoms with van der Waals surface area (Å²) in [5, 5.41) is 10.9. The maximum atomic E-state index is 6.50. The van der Waals surface area contributed by atoms with Crippen LogP contribution in [0.3, 0.4) is 0 Å². The summed E-state index contributed by atoms with van der Waals surface area (Å²) in [5.74, 6) is 30.8. The number of nitrogens with zero attached hydrogens (tertiary/aromatic N) is 3. The Balaban J connectivity index is 1.08. The molecule has 8 nitrogen and oxygen atoms in total. The number of unbranched alkanes of at least 4 members (excludes halogenated alkanes) is 15. The predicted octanol–water partition coefficient (Wildman–Crippen LogP) is 18.7. The van der Waals surface area contributed by atoms with Crippen LogP contribution in [0.15, 0.2) is 122 Å². The number of hydrogen-bond acceptors (Lipinski definition) is 9. The molecular formula is C75H85N3O5S. The zero-order chi connectivity index (χ0) is 58.7. The van der Waals surface area contributed by atoms with Gasteiger partial charge in [-0.25, -0.2) is 0 Å². The van der Waals surface area contributed by atoms with Crippen molar-refractivity contribution in [3.05, 3.63) is 166 Å². The lowest BCUT2D eigenvalue weighted by atomic mass is 10.1. The number of ether oxygens (including phenoxy) is 5. The Labute approximate surface area is 506 Å². The van der Waals surface area contributed by atoms with Crippen LogP contribution in [-0.2, 0) is 0 Å². The van der Waals surface area contributed by atoms with Crippen molar-refractivity contribution < 1.29 is 23.7 Å². The van der Waals surface area contributed by atoms with Crippen molar-refractivity contribution in [2.45, 2.75) is 163 Å². The molecule has 7 rings (SSSR count). The van der Waals surface area contributed by atoms with E-state index in [0.29, 0.717) is 49.4 Å². The number of rotatable bonds is 32. The highest BCUT2D eigenvalue weighted by Crippen LogP contribution is 2.33. The van der Waals surface area contributed by atoms with Gasteiger partial charge < -0.3 is 23.7 Å². The average Bonchev–Trinajstić information content (AvgIpc) is 4.20. The molecule has 0 saturated heterocycles. The molecule has 436 valence electrons. The van der Waals surface area contributed by atoms with E-state index in [2.05, 4.69) is 121 Å². The summed E-state index contributed by atoms with van der Waals surface area (Å²) >= 11 is 1.55.